The van der Waals surface area contributed by atoms with Gasteiger partial charge in [-0.25, -0.2) is 4.98 Å². The fourth-order valence-electron chi connectivity index (χ4n) is 2.91. The molecule has 0 bridgehead atoms. The number of nitrogens with one attached hydrogen (secondary N) is 1. The Kier molecular flexibility index (Phi) is 4.33. The average Bonchev–Trinajstić information content (AvgIpc) is 3.18. The predicted molar refractivity (Wildman–Crippen MR) is 103 cm³/mol. The van der Waals surface area contributed by atoms with Gasteiger partial charge in [0.2, 0.25) is 0 Å². The van der Waals surface area contributed by atoms with E-state index in [4.69, 9.17) is 0 Å². The molecular weight excluding hydrogens is 340 g/mol. The second-order valence-corrected chi connectivity index (χ2v) is 6.40. The van der Waals surface area contributed by atoms with E-state index in [0.717, 1.165) is 10.8 Å². The van der Waals surface area contributed by atoms with Gasteiger partial charge in [-0.2, -0.15) is 0 Å². The van der Waals surface area contributed by atoms with Crippen LogP contribution < -0.4 is 5.32 Å². The lowest BCUT2D eigenvalue weighted by atomic mass is 10.1. The third kappa shape index (κ3) is 3.27. The molecule has 27 heavy (non-hydrogen) atoms. The van der Waals surface area contributed by atoms with Crippen molar-refractivity contribution in [2.45, 2.75) is 19.9 Å². The molecule has 4 rings (SSSR count). The summed E-state index contributed by atoms with van der Waals surface area (Å²) < 4.78 is 1.93. The molecule has 0 unspecified atom stereocenters. The van der Waals surface area contributed by atoms with E-state index in [0.29, 0.717) is 23.0 Å². The predicted octanol–water partition coefficient (Wildman–Crippen LogP) is 3.72. The lowest BCUT2D eigenvalue weighted by Gasteiger charge is -2.11. The number of carbonyl (C=O) groups is 1. The monoisotopic (exact) mass is 358 g/mol. The van der Waals surface area contributed by atoms with Gasteiger partial charge in [-0.1, -0.05) is 30.3 Å². The SMILES string of the molecule is CC(C)n1cnnc1-c1cccc(NC(=O)c2nccc3ccccc23)n1. The molecule has 0 fully saturated rings. The Hall–Kier alpha value is -3.61. The van der Waals surface area contributed by atoms with Crippen molar-refractivity contribution in [1.82, 2.24) is 24.7 Å². The van der Waals surface area contributed by atoms with Gasteiger partial charge in [-0.05, 0) is 37.4 Å². The topological polar surface area (TPSA) is 85.6 Å². The Labute approximate surface area is 156 Å². The molecule has 4 aromatic rings. The maximum Gasteiger partial charge on any atom is 0.276 e. The molecule has 1 N–H and O–H groups in total. The molecule has 7 heteroatoms. The fourth-order valence-corrected chi connectivity index (χ4v) is 2.91. The first-order valence-corrected chi connectivity index (χ1v) is 8.65. The van der Waals surface area contributed by atoms with Crippen molar-refractivity contribution in [3.63, 3.8) is 0 Å². The van der Waals surface area contributed by atoms with Crippen LogP contribution in [0.25, 0.3) is 22.3 Å². The standard InChI is InChI=1S/C20H18N6O/c1-13(2)26-12-22-25-19(26)16-8-5-9-17(23-16)24-20(27)18-15-7-4-3-6-14(15)10-11-21-18/h3-13H,1-2H3,(H,23,24,27). The minimum absolute atomic E-state index is 0.204. The van der Waals surface area contributed by atoms with Gasteiger partial charge in [0.15, 0.2) is 5.82 Å². The number of carbonyl (C=O) groups excluding carboxylic acids is 1. The van der Waals surface area contributed by atoms with Crippen molar-refractivity contribution in [1.29, 1.82) is 0 Å². The molecule has 0 saturated carbocycles. The Morgan fingerprint density at radius 3 is 2.78 bits per heavy atom. The summed E-state index contributed by atoms with van der Waals surface area (Å²) in [5, 5.41) is 12.7. The first kappa shape index (κ1) is 16.8. The Bertz CT molecular complexity index is 1110. The van der Waals surface area contributed by atoms with E-state index in [9.17, 15) is 4.79 Å². The number of benzene rings is 1. The van der Waals surface area contributed by atoms with Crippen molar-refractivity contribution in [2.75, 3.05) is 5.32 Å². The van der Waals surface area contributed by atoms with Crippen molar-refractivity contribution >= 4 is 22.5 Å². The summed E-state index contributed by atoms with van der Waals surface area (Å²) >= 11 is 0. The highest BCUT2D eigenvalue weighted by molar-refractivity contribution is 6.11. The van der Waals surface area contributed by atoms with E-state index >= 15 is 0 Å². The lowest BCUT2D eigenvalue weighted by molar-refractivity contribution is 0.102. The molecule has 134 valence electrons. The number of amides is 1. The van der Waals surface area contributed by atoms with Crippen LogP contribution in [-0.4, -0.2) is 30.6 Å². The van der Waals surface area contributed by atoms with Gasteiger partial charge >= 0.3 is 0 Å². The van der Waals surface area contributed by atoms with Gasteiger partial charge in [-0.15, -0.1) is 10.2 Å². The van der Waals surface area contributed by atoms with Crippen LogP contribution in [0.1, 0.15) is 30.4 Å². The van der Waals surface area contributed by atoms with Crippen LogP contribution in [0, 0.1) is 0 Å². The van der Waals surface area contributed by atoms with Crippen LogP contribution >= 0.6 is 0 Å². The smallest absolute Gasteiger partial charge is 0.276 e. The number of nitrogens with zero attached hydrogens (tertiary/aromatic N) is 5. The average molecular weight is 358 g/mol. The van der Waals surface area contributed by atoms with Crippen molar-refractivity contribution in [2.24, 2.45) is 0 Å². The second kappa shape index (κ2) is 6.95. The Morgan fingerprint density at radius 2 is 1.93 bits per heavy atom. The first-order chi connectivity index (χ1) is 13.1. The van der Waals surface area contributed by atoms with Crippen LogP contribution in [0.4, 0.5) is 5.82 Å². The van der Waals surface area contributed by atoms with E-state index in [1.54, 1.807) is 18.6 Å². The fraction of sp³-hybridized carbons (Fsp3) is 0.150. The molecule has 3 heterocycles. The summed E-state index contributed by atoms with van der Waals surface area (Å²) in [6.07, 6.45) is 3.30. The van der Waals surface area contributed by atoms with E-state index in [2.05, 4.69) is 25.5 Å². The minimum atomic E-state index is -0.304. The summed E-state index contributed by atoms with van der Waals surface area (Å²) in [4.78, 5) is 21.5. The van der Waals surface area contributed by atoms with Gasteiger partial charge in [-0.3, -0.25) is 9.78 Å². The van der Waals surface area contributed by atoms with Crippen LogP contribution in [0.15, 0.2) is 61.1 Å². The molecule has 7 nitrogen and oxygen atoms in total. The number of hydrogen-bond donors (Lipinski definition) is 1. The van der Waals surface area contributed by atoms with Crippen molar-refractivity contribution < 1.29 is 4.79 Å². The molecule has 0 spiro atoms. The maximum atomic E-state index is 12.8. The van der Waals surface area contributed by atoms with Gasteiger partial charge in [0.1, 0.15) is 23.5 Å². The van der Waals surface area contributed by atoms with Crippen LogP contribution in [-0.2, 0) is 0 Å². The number of rotatable bonds is 4. The molecule has 1 amide bonds. The van der Waals surface area contributed by atoms with Gasteiger partial charge < -0.3 is 9.88 Å². The molecule has 0 atom stereocenters. The normalized spacial score (nSPS) is 11.1. The third-order valence-electron chi connectivity index (χ3n) is 4.24. The number of anilines is 1. The van der Waals surface area contributed by atoms with E-state index in [-0.39, 0.29) is 11.9 Å². The zero-order chi connectivity index (χ0) is 18.8. The van der Waals surface area contributed by atoms with Gasteiger partial charge in [0, 0.05) is 17.6 Å². The maximum absolute atomic E-state index is 12.8. The van der Waals surface area contributed by atoms with Gasteiger partial charge in [0.05, 0.1) is 0 Å². The Morgan fingerprint density at radius 1 is 1.07 bits per heavy atom. The number of fused-ring (bicyclic) bond motifs is 1. The number of aromatic nitrogens is 5. The highest BCUT2D eigenvalue weighted by Gasteiger charge is 2.15. The van der Waals surface area contributed by atoms with Crippen LogP contribution in [0.2, 0.25) is 0 Å². The molecule has 1 aromatic carbocycles. The highest BCUT2D eigenvalue weighted by atomic mass is 16.1. The molecular formula is C20H18N6O. The molecule has 0 saturated heterocycles. The van der Waals surface area contributed by atoms with Crippen LogP contribution in [0.3, 0.4) is 0 Å². The van der Waals surface area contributed by atoms with E-state index in [1.807, 2.05) is 60.9 Å². The summed E-state index contributed by atoms with van der Waals surface area (Å²) in [7, 11) is 0. The summed E-state index contributed by atoms with van der Waals surface area (Å²) in [6, 6.07) is 15.1. The summed E-state index contributed by atoms with van der Waals surface area (Å²) in [5.74, 6) is 0.789. The zero-order valence-corrected chi connectivity index (χ0v) is 15.0. The van der Waals surface area contributed by atoms with E-state index in [1.165, 1.54) is 0 Å². The molecule has 0 aliphatic rings. The third-order valence-corrected chi connectivity index (χ3v) is 4.24. The molecule has 0 aliphatic carbocycles. The van der Waals surface area contributed by atoms with E-state index < -0.39 is 0 Å². The lowest BCUT2D eigenvalue weighted by Crippen LogP contribution is -2.15. The van der Waals surface area contributed by atoms with Gasteiger partial charge in [0.25, 0.3) is 5.91 Å². The zero-order valence-electron chi connectivity index (χ0n) is 15.0. The molecule has 0 radical (unpaired) electrons. The Balaban J connectivity index is 1.65. The summed E-state index contributed by atoms with van der Waals surface area (Å²) in [5.41, 5.74) is 1.01. The second-order valence-electron chi connectivity index (χ2n) is 6.40. The van der Waals surface area contributed by atoms with Crippen molar-refractivity contribution in [3.8, 4) is 11.5 Å². The number of pyridine rings is 2. The minimum Gasteiger partial charge on any atom is -0.310 e. The number of hydrogen-bond acceptors (Lipinski definition) is 5. The largest absolute Gasteiger partial charge is 0.310 e. The highest BCUT2D eigenvalue weighted by Crippen LogP contribution is 2.21. The molecule has 0 aliphatic heterocycles. The molecule has 3 aromatic heterocycles. The summed E-state index contributed by atoms with van der Waals surface area (Å²) in [6.45, 7) is 4.09. The quantitative estimate of drug-likeness (QED) is 0.601. The van der Waals surface area contributed by atoms with Crippen LogP contribution in [0.5, 0.6) is 0 Å². The first-order valence-electron chi connectivity index (χ1n) is 8.65. The van der Waals surface area contributed by atoms with Crippen molar-refractivity contribution in [3.05, 3.63) is 66.7 Å².